The summed E-state index contributed by atoms with van der Waals surface area (Å²) >= 11 is 3.12. The number of aryl methyl sites for hydroxylation is 1. The van der Waals surface area contributed by atoms with Gasteiger partial charge in [-0.3, -0.25) is 0 Å². The Hall–Kier alpha value is -2.03. The average Bonchev–Trinajstić information content (AvgIpc) is 3.45. The zero-order valence-electron chi connectivity index (χ0n) is 20.2. The number of benzene rings is 1. The SMILES string of the molecule is CC(C)(C)OC(=O)c1ccc(CCC(CCSCc2ccccc2)(c2ccc[nH]2)S(C)(=O)=O)s1. The molecule has 5 nitrogen and oxygen atoms in total. The molecular formula is C26H33NO4S3. The average molecular weight is 520 g/mol. The molecule has 0 saturated carbocycles. The van der Waals surface area contributed by atoms with Crippen LogP contribution < -0.4 is 0 Å². The molecule has 1 atom stereocenters. The second-order valence-corrected chi connectivity index (χ2v) is 14.0. The van der Waals surface area contributed by atoms with Gasteiger partial charge in [0.2, 0.25) is 0 Å². The second kappa shape index (κ2) is 11.1. The van der Waals surface area contributed by atoms with E-state index in [0.717, 1.165) is 16.3 Å². The highest BCUT2D eigenvalue weighted by Gasteiger charge is 2.42. The number of aromatic nitrogens is 1. The van der Waals surface area contributed by atoms with Crippen molar-refractivity contribution >= 4 is 38.9 Å². The number of carbonyl (C=O) groups excluding carboxylic acids is 1. The molecule has 3 rings (SSSR count). The lowest BCUT2D eigenvalue weighted by Gasteiger charge is -2.31. The summed E-state index contributed by atoms with van der Waals surface area (Å²) in [5, 5.41) is 0. The highest BCUT2D eigenvalue weighted by Crippen LogP contribution is 2.39. The van der Waals surface area contributed by atoms with E-state index in [9.17, 15) is 13.2 Å². The van der Waals surface area contributed by atoms with E-state index in [0.29, 0.717) is 29.9 Å². The first kappa shape index (κ1) is 26.6. The fourth-order valence-corrected chi connectivity index (χ4v) is 7.41. The Kier molecular flexibility index (Phi) is 8.71. The minimum absolute atomic E-state index is 0.347. The molecule has 184 valence electrons. The molecule has 3 aromatic rings. The molecule has 0 amide bonds. The number of rotatable bonds is 11. The molecule has 0 aliphatic heterocycles. The van der Waals surface area contributed by atoms with Gasteiger partial charge in [-0.2, -0.15) is 11.8 Å². The van der Waals surface area contributed by atoms with Crippen LogP contribution in [0.3, 0.4) is 0 Å². The van der Waals surface area contributed by atoms with E-state index in [1.807, 2.05) is 57.2 Å². The maximum Gasteiger partial charge on any atom is 0.348 e. The zero-order valence-corrected chi connectivity index (χ0v) is 22.6. The minimum Gasteiger partial charge on any atom is -0.456 e. The summed E-state index contributed by atoms with van der Waals surface area (Å²) in [6.07, 6.45) is 4.61. The number of hydrogen-bond donors (Lipinski definition) is 1. The van der Waals surface area contributed by atoms with Crippen LogP contribution in [0.2, 0.25) is 0 Å². The van der Waals surface area contributed by atoms with Crippen LogP contribution in [0.4, 0.5) is 0 Å². The van der Waals surface area contributed by atoms with Gasteiger partial charge in [0, 0.05) is 28.8 Å². The number of hydrogen-bond acceptors (Lipinski definition) is 6. The summed E-state index contributed by atoms with van der Waals surface area (Å²) in [7, 11) is -3.43. The molecule has 0 spiro atoms. The summed E-state index contributed by atoms with van der Waals surface area (Å²) in [6.45, 7) is 5.52. The van der Waals surface area contributed by atoms with Crippen LogP contribution in [-0.2, 0) is 31.5 Å². The predicted octanol–water partition coefficient (Wildman–Crippen LogP) is 6.23. The molecular weight excluding hydrogens is 486 g/mol. The summed E-state index contributed by atoms with van der Waals surface area (Å²) in [4.78, 5) is 17.1. The topological polar surface area (TPSA) is 76.2 Å². The molecule has 0 radical (unpaired) electrons. The third kappa shape index (κ3) is 6.99. The normalized spacial score (nSPS) is 14.0. The molecule has 2 aromatic heterocycles. The van der Waals surface area contributed by atoms with E-state index in [2.05, 4.69) is 17.1 Å². The summed E-state index contributed by atoms with van der Waals surface area (Å²) in [5.74, 6) is 1.21. The molecule has 0 fully saturated rings. The number of esters is 1. The van der Waals surface area contributed by atoms with Gasteiger partial charge in [-0.15, -0.1) is 11.3 Å². The Balaban J connectivity index is 1.75. The van der Waals surface area contributed by atoms with Crippen molar-refractivity contribution in [2.75, 3.05) is 12.0 Å². The van der Waals surface area contributed by atoms with Gasteiger partial charge >= 0.3 is 5.97 Å². The lowest BCUT2D eigenvalue weighted by atomic mass is 9.95. The third-order valence-electron chi connectivity index (χ3n) is 5.60. The minimum atomic E-state index is -3.43. The van der Waals surface area contributed by atoms with Gasteiger partial charge in [-0.05, 0) is 75.6 Å². The Morgan fingerprint density at radius 1 is 1.03 bits per heavy atom. The number of thioether (sulfide) groups is 1. The molecule has 0 aliphatic carbocycles. The molecule has 8 heteroatoms. The maximum absolute atomic E-state index is 13.2. The van der Waals surface area contributed by atoms with Crippen molar-refractivity contribution in [3.8, 4) is 0 Å². The number of carbonyl (C=O) groups is 1. The van der Waals surface area contributed by atoms with Gasteiger partial charge < -0.3 is 9.72 Å². The van der Waals surface area contributed by atoms with Crippen molar-refractivity contribution in [3.63, 3.8) is 0 Å². The van der Waals surface area contributed by atoms with Gasteiger partial charge in [0.25, 0.3) is 0 Å². The van der Waals surface area contributed by atoms with E-state index < -0.39 is 20.2 Å². The first-order chi connectivity index (χ1) is 16.0. The van der Waals surface area contributed by atoms with Gasteiger partial charge in [-0.25, -0.2) is 13.2 Å². The molecule has 2 heterocycles. The Bertz CT molecular complexity index is 1160. The Morgan fingerprint density at radius 2 is 1.76 bits per heavy atom. The van der Waals surface area contributed by atoms with Crippen molar-refractivity contribution in [3.05, 3.63) is 81.8 Å². The summed E-state index contributed by atoms with van der Waals surface area (Å²) in [5.41, 5.74) is 1.39. The first-order valence-corrected chi connectivity index (χ1v) is 15.1. The highest BCUT2D eigenvalue weighted by molar-refractivity contribution is 7.98. The monoisotopic (exact) mass is 519 g/mol. The number of thiophene rings is 1. The molecule has 0 bridgehead atoms. The second-order valence-electron chi connectivity index (χ2n) is 9.41. The predicted molar refractivity (Wildman–Crippen MR) is 142 cm³/mol. The number of ether oxygens (including phenoxy) is 1. The van der Waals surface area contributed by atoms with Crippen LogP contribution in [0.1, 0.15) is 59.4 Å². The molecule has 1 N–H and O–H groups in total. The number of H-pyrrole nitrogens is 1. The van der Waals surface area contributed by atoms with Crippen molar-refractivity contribution in [2.45, 2.75) is 56.1 Å². The van der Waals surface area contributed by atoms with Gasteiger partial charge in [-0.1, -0.05) is 30.3 Å². The van der Waals surface area contributed by atoms with Crippen LogP contribution in [0.15, 0.2) is 60.8 Å². The Labute approximate surface area is 211 Å². The highest BCUT2D eigenvalue weighted by atomic mass is 32.2. The largest absolute Gasteiger partial charge is 0.456 e. The van der Waals surface area contributed by atoms with E-state index in [4.69, 9.17) is 4.74 Å². The quantitative estimate of drug-likeness (QED) is 0.240. The number of aromatic amines is 1. The van der Waals surface area contributed by atoms with Crippen LogP contribution in [0.5, 0.6) is 0 Å². The Morgan fingerprint density at radius 3 is 2.38 bits per heavy atom. The van der Waals surface area contributed by atoms with Crippen molar-refractivity contribution in [1.29, 1.82) is 0 Å². The summed E-state index contributed by atoms with van der Waals surface area (Å²) in [6, 6.07) is 17.6. The first-order valence-electron chi connectivity index (χ1n) is 11.3. The van der Waals surface area contributed by atoms with Gasteiger partial charge in [0.15, 0.2) is 9.84 Å². The van der Waals surface area contributed by atoms with Gasteiger partial charge in [0.05, 0.1) is 0 Å². The van der Waals surface area contributed by atoms with Crippen LogP contribution in [0.25, 0.3) is 0 Å². The lowest BCUT2D eigenvalue weighted by molar-refractivity contribution is 0.00752. The smallest absolute Gasteiger partial charge is 0.348 e. The number of nitrogens with one attached hydrogen (secondary N) is 1. The zero-order chi connectivity index (χ0) is 24.8. The molecule has 0 saturated heterocycles. The van der Waals surface area contributed by atoms with E-state index >= 15 is 0 Å². The van der Waals surface area contributed by atoms with Crippen molar-refractivity contribution in [2.24, 2.45) is 0 Å². The molecule has 0 aliphatic rings. The molecule has 34 heavy (non-hydrogen) atoms. The van der Waals surface area contributed by atoms with Crippen molar-refractivity contribution in [1.82, 2.24) is 4.98 Å². The number of sulfone groups is 1. The standard InChI is InChI=1S/C26H33NO4S3/c1-25(2,3)31-24(28)22-13-12-21(33-22)14-15-26(34(4,29)30,23-11-8-17-27-23)16-18-32-19-20-9-6-5-7-10-20/h5-13,17,27H,14-16,18-19H2,1-4H3. The third-order valence-corrected chi connectivity index (χ3v) is 9.80. The van der Waals surface area contributed by atoms with Crippen molar-refractivity contribution < 1.29 is 17.9 Å². The maximum atomic E-state index is 13.2. The lowest BCUT2D eigenvalue weighted by Crippen LogP contribution is -2.37. The van der Waals surface area contributed by atoms with Crippen LogP contribution in [-0.4, -0.2) is 37.0 Å². The van der Waals surface area contributed by atoms with Crippen LogP contribution >= 0.6 is 23.1 Å². The molecule has 1 aromatic carbocycles. The summed E-state index contributed by atoms with van der Waals surface area (Å²) < 4.78 is 30.9. The fourth-order valence-electron chi connectivity index (χ4n) is 3.86. The van der Waals surface area contributed by atoms with Gasteiger partial charge in [0.1, 0.15) is 15.2 Å². The fraction of sp³-hybridized carbons (Fsp3) is 0.423. The molecule has 1 unspecified atom stereocenters. The van der Waals surface area contributed by atoms with E-state index in [1.54, 1.807) is 24.0 Å². The van der Waals surface area contributed by atoms with Crippen LogP contribution in [0, 0.1) is 0 Å². The van der Waals surface area contributed by atoms with E-state index in [1.165, 1.54) is 23.2 Å². The van der Waals surface area contributed by atoms with E-state index in [-0.39, 0.29) is 5.97 Å².